The fourth-order valence-electron chi connectivity index (χ4n) is 5.19. The molecule has 3 aromatic heterocycles. The molecule has 12 nitrogen and oxygen atoms in total. The quantitative estimate of drug-likeness (QED) is 0.174. The van der Waals surface area contributed by atoms with Gasteiger partial charge in [0.1, 0.15) is 0 Å². The molecule has 0 aliphatic carbocycles. The van der Waals surface area contributed by atoms with Gasteiger partial charge in [-0.3, -0.25) is 19.1 Å². The van der Waals surface area contributed by atoms with Crippen molar-refractivity contribution in [1.82, 2.24) is 13.7 Å². The van der Waals surface area contributed by atoms with Crippen molar-refractivity contribution in [2.75, 3.05) is 4.72 Å². The third-order valence-corrected chi connectivity index (χ3v) is 10.8. The molecule has 0 saturated carbocycles. The molecular formula is C37H30ClN5O7S2. The minimum absolute atomic E-state index is 0.0281. The van der Waals surface area contributed by atoms with Crippen molar-refractivity contribution in [2.45, 2.75) is 9.79 Å². The minimum atomic E-state index is -3.76. The van der Waals surface area contributed by atoms with Gasteiger partial charge in [-0.05, 0) is 89.0 Å². The van der Waals surface area contributed by atoms with Crippen molar-refractivity contribution < 1.29 is 16.8 Å². The summed E-state index contributed by atoms with van der Waals surface area (Å²) >= 11 is 0. The third kappa shape index (κ3) is 8.30. The smallest absolute Gasteiger partial charge is 0.261 e. The van der Waals surface area contributed by atoms with Gasteiger partial charge >= 0.3 is 0 Å². The number of pyridine rings is 3. The molecule has 0 fully saturated rings. The molecule has 0 saturated heterocycles. The van der Waals surface area contributed by atoms with Gasteiger partial charge in [-0.1, -0.05) is 30.3 Å². The SMILES string of the molecule is Cn1c(=O)ccc2cc(S(=O)(=O)Cl)ccc21.Cn1c(=O)ccc2ccccc21.[C-]#[N+]c1ccc(NS(=O)(=O)c2ccc3c(ccc(=O)n3C)c2)cc1. The molecule has 52 heavy (non-hydrogen) atoms. The molecule has 7 aromatic rings. The summed E-state index contributed by atoms with van der Waals surface area (Å²) in [5.74, 6) is 0. The lowest BCUT2D eigenvalue weighted by molar-refractivity contribution is 0.601. The Hall–Kier alpha value is -6.01. The van der Waals surface area contributed by atoms with Crippen molar-refractivity contribution >= 4 is 73.8 Å². The zero-order chi connectivity index (χ0) is 37.8. The number of hydrogen-bond donors (Lipinski definition) is 1. The highest BCUT2D eigenvalue weighted by Gasteiger charge is 2.15. The van der Waals surface area contributed by atoms with Crippen LogP contribution in [0, 0.1) is 6.57 Å². The van der Waals surface area contributed by atoms with E-state index in [1.165, 1.54) is 57.7 Å². The molecule has 0 atom stereocenters. The average molecular weight is 756 g/mol. The van der Waals surface area contributed by atoms with E-state index in [0.717, 1.165) is 10.9 Å². The van der Waals surface area contributed by atoms with Gasteiger partial charge in [0.15, 0.2) is 5.69 Å². The van der Waals surface area contributed by atoms with Crippen molar-refractivity contribution in [3.05, 3.63) is 164 Å². The second kappa shape index (κ2) is 15.1. The van der Waals surface area contributed by atoms with Gasteiger partial charge in [-0.2, -0.15) is 0 Å². The fourth-order valence-corrected chi connectivity index (χ4v) is 7.07. The molecule has 0 spiro atoms. The Kier molecular flexibility index (Phi) is 10.8. The van der Waals surface area contributed by atoms with Gasteiger partial charge in [0.25, 0.3) is 35.8 Å². The van der Waals surface area contributed by atoms with E-state index in [1.807, 2.05) is 30.3 Å². The van der Waals surface area contributed by atoms with Crippen molar-refractivity contribution in [1.29, 1.82) is 0 Å². The summed E-state index contributed by atoms with van der Waals surface area (Å²) in [6.07, 6.45) is 0. The van der Waals surface area contributed by atoms with Gasteiger partial charge < -0.3 is 13.7 Å². The number of benzene rings is 4. The Morgan fingerprint density at radius 2 is 1.00 bits per heavy atom. The molecule has 0 bridgehead atoms. The number of nitrogens with one attached hydrogen (secondary N) is 1. The molecule has 0 aliphatic rings. The van der Waals surface area contributed by atoms with E-state index >= 15 is 0 Å². The van der Waals surface area contributed by atoms with E-state index in [0.29, 0.717) is 33.2 Å². The number of rotatable bonds is 4. The Balaban J connectivity index is 0.000000161. The van der Waals surface area contributed by atoms with Crippen LogP contribution in [0.15, 0.2) is 146 Å². The first-order chi connectivity index (χ1) is 24.6. The standard InChI is InChI=1S/C17H13N3O3S.C10H8ClNO3S.C10H9NO/c1-18-13-4-6-14(7-5-13)19-24(22,23)15-8-9-16-12(11-15)3-10-17(21)20(16)2;1-12-9-4-3-8(16(11,14)15)6-7(9)2-5-10(12)13;1-11-9-5-3-2-4-8(9)6-7-10(11)12/h3-11,19H,2H3;2-6H,1H3;2-7H,1H3. The fraction of sp³-hybridized carbons (Fsp3) is 0.0811. The molecule has 0 aliphatic heterocycles. The summed E-state index contributed by atoms with van der Waals surface area (Å²) in [5, 5.41) is 2.41. The number of aryl methyl sites for hydroxylation is 3. The van der Waals surface area contributed by atoms with Gasteiger partial charge in [0.05, 0.1) is 32.9 Å². The normalized spacial score (nSPS) is 11.2. The first-order valence-corrected chi connectivity index (χ1v) is 19.1. The third-order valence-electron chi connectivity index (χ3n) is 8.07. The number of fused-ring (bicyclic) bond motifs is 3. The van der Waals surface area contributed by atoms with Crippen molar-refractivity contribution in [3.63, 3.8) is 0 Å². The zero-order valence-electron chi connectivity index (χ0n) is 27.9. The van der Waals surface area contributed by atoms with Gasteiger partial charge in [-0.15, -0.1) is 0 Å². The maximum Gasteiger partial charge on any atom is 0.261 e. The summed E-state index contributed by atoms with van der Waals surface area (Å²) in [7, 11) is 2.78. The van der Waals surface area contributed by atoms with Crippen LogP contribution < -0.4 is 21.4 Å². The highest BCUT2D eigenvalue weighted by Crippen LogP contribution is 2.23. The summed E-state index contributed by atoms with van der Waals surface area (Å²) in [6.45, 7) is 6.90. The number of nitrogens with zero attached hydrogens (tertiary/aromatic N) is 4. The number of halogens is 1. The van der Waals surface area contributed by atoms with Gasteiger partial charge in [0, 0.05) is 55.7 Å². The molecule has 15 heteroatoms. The zero-order valence-corrected chi connectivity index (χ0v) is 30.3. The van der Waals surface area contributed by atoms with Crippen LogP contribution in [0.4, 0.5) is 11.4 Å². The molecule has 1 N–H and O–H groups in total. The van der Waals surface area contributed by atoms with Crippen LogP contribution in [0.1, 0.15) is 0 Å². The number of anilines is 1. The van der Waals surface area contributed by atoms with Crippen molar-refractivity contribution in [2.24, 2.45) is 21.1 Å². The van der Waals surface area contributed by atoms with Crippen molar-refractivity contribution in [3.8, 4) is 0 Å². The highest BCUT2D eigenvalue weighted by molar-refractivity contribution is 8.13. The Bertz CT molecular complexity index is 2930. The molecule has 0 radical (unpaired) electrons. The highest BCUT2D eigenvalue weighted by atomic mass is 35.7. The van der Waals surface area contributed by atoms with Crippen LogP contribution in [0.3, 0.4) is 0 Å². The molecule has 264 valence electrons. The second-order valence-corrected chi connectivity index (χ2v) is 15.6. The average Bonchev–Trinajstić information content (AvgIpc) is 3.13. The predicted molar refractivity (Wildman–Crippen MR) is 204 cm³/mol. The number of aromatic nitrogens is 3. The largest absolute Gasteiger partial charge is 0.311 e. The lowest BCUT2D eigenvalue weighted by atomic mass is 10.2. The minimum Gasteiger partial charge on any atom is -0.311 e. The lowest BCUT2D eigenvalue weighted by Gasteiger charge is -2.10. The number of hydrogen-bond acceptors (Lipinski definition) is 7. The Morgan fingerprint density at radius 1 is 0.558 bits per heavy atom. The van der Waals surface area contributed by atoms with Crippen LogP contribution in [0.25, 0.3) is 37.6 Å². The Morgan fingerprint density at radius 3 is 1.50 bits per heavy atom. The maximum atomic E-state index is 12.5. The summed E-state index contributed by atoms with van der Waals surface area (Å²) in [4.78, 5) is 37.5. The second-order valence-electron chi connectivity index (χ2n) is 11.4. The van der Waals surface area contributed by atoms with Gasteiger partial charge in [0.2, 0.25) is 0 Å². The summed E-state index contributed by atoms with van der Waals surface area (Å²) < 4.78 is 54.3. The van der Waals surface area contributed by atoms with Crippen LogP contribution >= 0.6 is 10.7 Å². The summed E-state index contributed by atoms with van der Waals surface area (Å²) in [5.41, 5.74) is 2.84. The number of sulfonamides is 1. The van der Waals surface area contributed by atoms with Crippen LogP contribution in [-0.4, -0.2) is 30.5 Å². The molecule has 3 heterocycles. The molecule has 0 amide bonds. The predicted octanol–water partition coefficient (Wildman–Crippen LogP) is 5.89. The topological polar surface area (TPSA) is 151 Å². The molecule has 0 unspecified atom stereocenters. The van der Waals surface area contributed by atoms with Gasteiger partial charge in [-0.25, -0.2) is 21.7 Å². The van der Waals surface area contributed by atoms with Crippen LogP contribution in [-0.2, 0) is 40.2 Å². The monoisotopic (exact) mass is 755 g/mol. The van der Waals surface area contributed by atoms with E-state index < -0.39 is 19.1 Å². The van der Waals surface area contributed by atoms with E-state index in [9.17, 15) is 31.2 Å². The lowest BCUT2D eigenvalue weighted by Crippen LogP contribution is -2.16. The molecule has 4 aromatic carbocycles. The molecule has 7 rings (SSSR count). The molecular weight excluding hydrogens is 726 g/mol. The first-order valence-electron chi connectivity index (χ1n) is 15.3. The van der Waals surface area contributed by atoms with E-state index in [4.69, 9.17) is 17.3 Å². The van der Waals surface area contributed by atoms with Crippen LogP contribution in [0.2, 0.25) is 0 Å². The van der Waals surface area contributed by atoms with E-state index in [2.05, 4.69) is 9.57 Å². The maximum absolute atomic E-state index is 12.5. The summed E-state index contributed by atoms with van der Waals surface area (Å²) in [6, 6.07) is 32.3. The Labute approximate surface area is 302 Å². The number of para-hydroxylation sites is 1. The van der Waals surface area contributed by atoms with E-state index in [1.54, 1.807) is 68.2 Å². The van der Waals surface area contributed by atoms with Crippen LogP contribution in [0.5, 0.6) is 0 Å². The first kappa shape index (κ1) is 37.3. The van der Waals surface area contributed by atoms with E-state index in [-0.39, 0.29) is 26.5 Å².